The SMILES string of the molecule is Cc1ccc2cccc(Nc3ncnc(N(C)Cc4ccccc4)c3[N+](=O)[O-])c2n1. The van der Waals surface area contributed by atoms with Gasteiger partial charge in [0.2, 0.25) is 11.6 Å². The third-order valence-electron chi connectivity index (χ3n) is 4.72. The van der Waals surface area contributed by atoms with Crippen molar-refractivity contribution in [3.63, 3.8) is 0 Å². The largest absolute Gasteiger partial charge is 0.353 e. The molecule has 0 fully saturated rings. The number of aryl methyl sites for hydroxylation is 1. The van der Waals surface area contributed by atoms with Crippen LogP contribution in [0.25, 0.3) is 10.9 Å². The van der Waals surface area contributed by atoms with E-state index in [9.17, 15) is 10.1 Å². The van der Waals surface area contributed by atoms with Crippen LogP contribution in [-0.4, -0.2) is 26.9 Å². The Morgan fingerprint density at radius 3 is 2.60 bits per heavy atom. The minimum atomic E-state index is -0.455. The summed E-state index contributed by atoms with van der Waals surface area (Å²) in [4.78, 5) is 26.2. The Kier molecular flexibility index (Phi) is 5.21. The van der Waals surface area contributed by atoms with Crippen LogP contribution in [0.2, 0.25) is 0 Å². The molecular formula is C22H20N6O2. The standard InChI is InChI=1S/C22H20N6O2/c1-15-11-12-17-9-6-10-18(19(17)25-15)26-21-20(28(29)30)22(24-14-23-21)27(2)13-16-7-4-3-5-8-16/h3-12,14H,13H2,1-2H3,(H,23,24,26). The molecule has 0 aliphatic rings. The van der Waals surface area contributed by atoms with E-state index in [1.165, 1.54) is 6.33 Å². The van der Waals surface area contributed by atoms with Crippen LogP contribution >= 0.6 is 0 Å². The molecule has 2 aromatic carbocycles. The zero-order chi connectivity index (χ0) is 21.1. The molecule has 2 aromatic heterocycles. The van der Waals surface area contributed by atoms with Crippen molar-refractivity contribution in [1.29, 1.82) is 0 Å². The number of hydrogen-bond acceptors (Lipinski definition) is 7. The van der Waals surface area contributed by atoms with Crippen LogP contribution in [0.15, 0.2) is 67.0 Å². The fraction of sp³-hybridized carbons (Fsp3) is 0.136. The van der Waals surface area contributed by atoms with Gasteiger partial charge in [0.15, 0.2) is 0 Å². The maximum absolute atomic E-state index is 12.0. The number of para-hydroxylation sites is 1. The molecule has 0 saturated heterocycles. The van der Waals surface area contributed by atoms with Gasteiger partial charge >= 0.3 is 5.69 Å². The molecule has 0 spiro atoms. The molecule has 8 heteroatoms. The van der Waals surface area contributed by atoms with Crippen LogP contribution in [0.4, 0.5) is 23.0 Å². The van der Waals surface area contributed by atoms with Crippen LogP contribution in [0.5, 0.6) is 0 Å². The topological polar surface area (TPSA) is 97.1 Å². The maximum atomic E-state index is 12.0. The maximum Gasteiger partial charge on any atom is 0.353 e. The van der Waals surface area contributed by atoms with Gasteiger partial charge in [-0.1, -0.05) is 48.5 Å². The van der Waals surface area contributed by atoms with Gasteiger partial charge in [0.25, 0.3) is 0 Å². The van der Waals surface area contributed by atoms with Gasteiger partial charge in [-0.2, -0.15) is 0 Å². The van der Waals surface area contributed by atoms with E-state index in [0.29, 0.717) is 12.2 Å². The number of nitrogens with one attached hydrogen (secondary N) is 1. The van der Waals surface area contributed by atoms with E-state index in [2.05, 4.69) is 20.3 Å². The Bertz CT molecular complexity index is 1210. The van der Waals surface area contributed by atoms with Gasteiger partial charge in [-0.3, -0.25) is 15.1 Å². The van der Waals surface area contributed by atoms with Crippen molar-refractivity contribution in [2.24, 2.45) is 0 Å². The molecule has 2 heterocycles. The summed E-state index contributed by atoms with van der Waals surface area (Å²) in [5.41, 5.74) is 3.08. The third kappa shape index (κ3) is 3.88. The van der Waals surface area contributed by atoms with E-state index in [1.807, 2.05) is 67.6 Å². The zero-order valence-electron chi connectivity index (χ0n) is 16.6. The highest BCUT2D eigenvalue weighted by Gasteiger charge is 2.26. The first-order valence-corrected chi connectivity index (χ1v) is 9.41. The van der Waals surface area contributed by atoms with Crippen LogP contribution in [0.1, 0.15) is 11.3 Å². The number of benzene rings is 2. The molecule has 8 nitrogen and oxygen atoms in total. The van der Waals surface area contributed by atoms with Crippen molar-refractivity contribution < 1.29 is 4.92 Å². The molecule has 0 saturated carbocycles. The molecule has 150 valence electrons. The van der Waals surface area contributed by atoms with Gasteiger partial charge < -0.3 is 10.2 Å². The van der Waals surface area contributed by atoms with Crippen molar-refractivity contribution in [2.75, 3.05) is 17.3 Å². The first kappa shape index (κ1) is 19.3. The van der Waals surface area contributed by atoms with E-state index in [4.69, 9.17) is 0 Å². The predicted molar refractivity (Wildman–Crippen MR) is 117 cm³/mol. The molecule has 30 heavy (non-hydrogen) atoms. The third-order valence-corrected chi connectivity index (χ3v) is 4.72. The average molecular weight is 400 g/mol. The molecule has 4 aromatic rings. The molecule has 0 unspecified atom stereocenters. The Hall–Kier alpha value is -4.07. The lowest BCUT2D eigenvalue weighted by atomic mass is 10.1. The van der Waals surface area contributed by atoms with Crippen molar-refractivity contribution in [3.8, 4) is 0 Å². The first-order chi connectivity index (χ1) is 14.5. The van der Waals surface area contributed by atoms with Crippen LogP contribution < -0.4 is 10.2 Å². The number of anilines is 3. The Labute approximate surface area is 173 Å². The Morgan fingerprint density at radius 2 is 1.83 bits per heavy atom. The average Bonchev–Trinajstić information content (AvgIpc) is 2.74. The van der Waals surface area contributed by atoms with Gasteiger partial charge in [-0.05, 0) is 24.6 Å². The van der Waals surface area contributed by atoms with Crippen LogP contribution in [0.3, 0.4) is 0 Å². The van der Waals surface area contributed by atoms with E-state index in [0.717, 1.165) is 22.2 Å². The fourth-order valence-corrected chi connectivity index (χ4v) is 3.31. The summed E-state index contributed by atoms with van der Waals surface area (Å²) in [6.45, 7) is 2.38. The molecule has 0 atom stereocenters. The van der Waals surface area contributed by atoms with Gasteiger partial charge in [-0.25, -0.2) is 9.97 Å². The quantitative estimate of drug-likeness (QED) is 0.372. The second kappa shape index (κ2) is 8.12. The molecule has 1 N–H and O–H groups in total. The highest BCUT2D eigenvalue weighted by molar-refractivity contribution is 5.93. The lowest BCUT2D eigenvalue weighted by Crippen LogP contribution is -2.20. The molecule has 0 bridgehead atoms. The van der Waals surface area contributed by atoms with Crippen molar-refractivity contribution in [2.45, 2.75) is 13.5 Å². The van der Waals surface area contributed by atoms with E-state index >= 15 is 0 Å². The number of pyridine rings is 1. The minimum absolute atomic E-state index is 0.126. The zero-order valence-corrected chi connectivity index (χ0v) is 16.6. The lowest BCUT2D eigenvalue weighted by molar-refractivity contribution is -0.383. The number of nitrogens with zero attached hydrogens (tertiary/aromatic N) is 5. The van der Waals surface area contributed by atoms with Gasteiger partial charge in [0.1, 0.15) is 6.33 Å². The summed E-state index contributed by atoms with van der Waals surface area (Å²) in [6.07, 6.45) is 1.33. The molecule has 0 amide bonds. The molecule has 0 radical (unpaired) electrons. The normalized spacial score (nSPS) is 10.7. The van der Waals surface area contributed by atoms with Crippen molar-refractivity contribution >= 4 is 33.9 Å². The van der Waals surface area contributed by atoms with Crippen molar-refractivity contribution in [3.05, 3.63) is 88.4 Å². The number of nitro groups is 1. The smallest absolute Gasteiger partial charge is 0.349 e. The summed E-state index contributed by atoms with van der Waals surface area (Å²) in [7, 11) is 1.77. The Morgan fingerprint density at radius 1 is 1.03 bits per heavy atom. The minimum Gasteiger partial charge on any atom is -0.349 e. The molecule has 0 aliphatic carbocycles. The summed E-state index contributed by atoms with van der Waals surface area (Å²) in [5.74, 6) is 0.367. The van der Waals surface area contributed by atoms with E-state index in [-0.39, 0.29) is 17.3 Å². The van der Waals surface area contributed by atoms with Gasteiger partial charge in [-0.15, -0.1) is 0 Å². The molecular weight excluding hydrogens is 380 g/mol. The van der Waals surface area contributed by atoms with Crippen LogP contribution in [0, 0.1) is 17.0 Å². The van der Waals surface area contributed by atoms with Crippen molar-refractivity contribution in [1.82, 2.24) is 15.0 Å². The summed E-state index contributed by atoms with van der Waals surface area (Å²) in [6, 6.07) is 19.3. The summed E-state index contributed by atoms with van der Waals surface area (Å²) >= 11 is 0. The predicted octanol–water partition coefficient (Wildman–Crippen LogP) is 4.62. The molecule has 0 aliphatic heterocycles. The number of fused-ring (bicyclic) bond motifs is 1. The first-order valence-electron chi connectivity index (χ1n) is 9.41. The monoisotopic (exact) mass is 400 g/mol. The number of rotatable bonds is 6. The second-order valence-electron chi connectivity index (χ2n) is 6.95. The highest BCUT2D eigenvalue weighted by Crippen LogP contribution is 2.35. The summed E-state index contributed by atoms with van der Waals surface area (Å²) < 4.78 is 0. The van der Waals surface area contributed by atoms with Gasteiger partial charge in [0.05, 0.1) is 16.1 Å². The fourth-order valence-electron chi connectivity index (χ4n) is 3.31. The number of hydrogen-bond donors (Lipinski definition) is 1. The number of aromatic nitrogens is 3. The Balaban J connectivity index is 1.74. The van der Waals surface area contributed by atoms with Gasteiger partial charge in [0, 0.05) is 24.7 Å². The van der Waals surface area contributed by atoms with E-state index < -0.39 is 4.92 Å². The lowest BCUT2D eigenvalue weighted by Gasteiger charge is -2.19. The summed E-state index contributed by atoms with van der Waals surface area (Å²) in [5, 5.41) is 16.0. The second-order valence-corrected chi connectivity index (χ2v) is 6.95. The highest BCUT2D eigenvalue weighted by atomic mass is 16.6. The van der Waals surface area contributed by atoms with Crippen LogP contribution in [-0.2, 0) is 6.54 Å². The van der Waals surface area contributed by atoms with E-state index in [1.54, 1.807) is 11.9 Å². The molecule has 4 rings (SSSR count).